The van der Waals surface area contributed by atoms with Crippen molar-refractivity contribution >= 4 is 21.7 Å². The van der Waals surface area contributed by atoms with Crippen molar-refractivity contribution in [1.29, 1.82) is 0 Å². The third-order valence-electron chi connectivity index (χ3n) is 3.72. The topological polar surface area (TPSA) is 37.0 Å². The fourth-order valence-corrected chi connectivity index (χ4v) is 2.87. The third-order valence-corrected chi connectivity index (χ3v) is 4.15. The van der Waals surface area contributed by atoms with Crippen LogP contribution in [0.15, 0.2) is 16.7 Å². The smallest absolute Gasteiger partial charge is 0.130 e. The number of hydrogen-bond donors (Lipinski definition) is 2. The van der Waals surface area contributed by atoms with Gasteiger partial charge in [0.25, 0.3) is 0 Å². The lowest BCUT2D eigenvalue weighted by Crippen LogP contribution is -2.25. The first-order chi connectivity index (χ1) is 9.45. The molecule has 0 fully saturated rings. The molecule has 0 saturated heterocycles. The number of aromatic nitrogens is 1. The van der Waals surface area contributed by atoms with Crippen molar-refractivity contribution in [3.05, 3.63) is 22.3 Å². The van der Waals surface area contributed by atoms with E-state index in [0.717, 1.165) is 29.9 Å². The van der Waals surface area contributed by atoms with Crippen LogP contribution in [0.1, 0.15) is 40.2 Å². The molecule has 1 heterocycles. The highest BCUT2D eigenvalue weighted by atomic mass is 79.9. The maximum atomic E-state index is 4.52. The van der Waals surface area contributed by atoms with E-state index in [1.807, 2.05) is 6.20 Å². The Labute approximate surface area is 132 Å². The second-order valence-electron chi connectivity index (χ2n) is 5.97. The van der Waals surface area contributed by atoms with E-state index < -0.39 is 0 Å². The molecule has 114 valence electrons. The predicted molar refractivity (Wildman–Crippen MR) is 91.0 cm³/mol. The molecule has 0 saturated carbocycles. The molecule has 0 aromatic carbocycles. The van der Waals surface area contributed by atoms with Gasteiger partial charge in [-0.15, -0.1) is 0 Å². The van der Waals surface area contributed by atoms with Crippen LogP contribution < -0.4 is 10.6 Å². The zero-order valence-electron chi connectivity index (χ0n) is 13.3. The molecule has 4 heteroatoms. The van der Waals surface area contributed by atoms with Crippen LogP contribution in [0.25, 0.3) is 0 Å². The van der Waals surface area contributed by atoms with E-state index in [0.29, 0.717) is 17.8 Å². The van der Waals surface area contributed by atoms with Gasteiger partial charge in [-0.1, -0.05) is 34.6 Å². The first-order valence-corrected chi connectivity index (χ1v) is 8.34. The summed E-state index contributed by atoms with van der Waals surface area (Å²) in [5.41, 5.74) is 1.22. The van der Waals surface area contributed by atoms with Crippen LogP contribution in [0.4, 0.5) is 5.82 Å². The molecule has 0 bridgehead atoms. The summed E-state index contributed by atoms with van der Waals surface area (Å²) in [5.74, 6) is 3.01. The van der Waals surface area contributed by atoms with Gasteiger partial charge in [0.2, 0.25) is 0 Å². The lowest BCUT2D eigenvalue weighted by Gasteiger charge is -2.26. The molecule has 2 N–H and O–H groups in total. The number of pyridine rings is 1. The highest BCUT2D eigenvalue weighted by Gasteiger charge is 2.17. The summed E-state index contributed by atoms with van der Waals surface area (Å²) in [6, 6.07) is 2.14. The highest BCUT2D eigenvalue weighted by molar-refractivity contribution is 9.10. The second kappa shape index (κ2) is 8.63. The number of rotatable bonds is 8. The van der Waals surface area contributed by atoms with Gasteiger partial charge in [-0.25, -0.2) is 4.98 Å². The van der Waals surface area contributed by atoms with Crippen LogP contribution >= 0.6 is 15.9 Å². The monoisotopic (exact) mass is 341 g/mol. The average Bonchev–Trinajstić information content (AvgIpc) is 2.37. The second-order valence-corrected chi connectivity index (χ2v) is 6.89. The van der Waals surface area contributed by atoms with Gasteiger partial charge in [0, 0.05) is 29.3 Å². The van der Waals surface area contributed by atoms with Crippen molar-refractivity contribution in [2.45, 2.75) is 41.2 Å². The number of hydrogen-bond acceptors (Lipinski definition) is 3. The largest absolute Gasteiger partial charge is 0.370 e. The van der Waals surface area contributed by atoms with Crippen molar-refractivity contribution in [3.8, 4) is 0 Å². The zero-order chi connectivity index (χ0) is 15.1. The molecule has 0 unspecified atom stereocenters. The Morgan fingerprint density at radius 3 is 2.40 bits per heavy atom. The summed E-state index contributed by atoms with van der Waals surface area (Å²) in [5, 5.41) is 6.90. The van der Waals surface area contributed by atoms with Crippen molar-refractivity contribution in [1.82, 2.24) is 10.3 Å². The summed E-state index contributed by atoms with van der Waals surface area (Å²) >= 11 is 3.50. The van der Waals surface area contributed by atoms with Crippen molar-refractivity contribution < 1.29 is 0 Å². The van der Waals surface area contributed by atoms with Gasteiger partial charge in [0.15, 0.2) is 0 Å². The Kier molecular flexibility index (Phi) is 7.52. The number of halogens is 1. The molecule has 0 amide bonds. The molecular formula is C16H28BrN3. The quantitative estimate of drug-likeness (QED) is 0.740. The molecule has 0 radical (unpaired) electrons. The third kappa shape index (κ3) is 5.41. The number of nitrogens with one attached hydrogen (secondary N) is 2. The van der Waals surface area contributed by atoms with Gasteiger partial charge >= 0.3 is 0 Å². The summed E-state index contributed by atoms with van der Waals surface area (Å²) in [6.45, 7) is 14.1. The maximum absolute atomic E-state index is 4.52. The lowest BCUT2D eigenvalue weighted by atomic mass is 9.85. The summed E-state index contributed by atoms with van der Waals surface area (Å²) in [7, 11) is 0. The fourth-order valence-electron chi connectivity index (χ4n) is 2.49. The maximum Gasteiger partial charge on any atom is 0.130 e. The van der Waals surface area contributed by atoms with Crippen molar-refractivity contribution in [2.75, 3.05) is 18.4 Å². The minimum absolute atomic E-state index is 0.660. The average molecular weight is 342 g/mol. The predicted octanol–water partition coefficient (Wildman–Crippen LogP) is 4.29. The van der Waals surface area contributed by atoms with E-state index in [-0.39, 0.29) is 0 Å². The van der Waals surface area contributed by atoms with Gasteiger partial charge in [-0.2, -0.15) is 0 Å². The zero-order valence-corrected chi connectivity index (χ0v) is 14.9. The molecule has 0 aliphatic carbocycles. The molecular weight excluding hydrogens is 314 g/mol. The van der Waals surface area contributed by atoms with E-state index in [9.17, 15) is 0 Å². The molecule has 0 atom stereocenters. The number of anilines is 1. The lowest BCUT2D eigenvalue weighted by molar-refractivity contribution is 0.304. The molecule has 0 spiro atoms. The first kappa shape index (κ1) is 17.4. The molecule has 20 heavy (non-hydrogen) atoms. The van der Waals surface area contributed by atoms with Crippen LogP contribution in [0, 0.1) is 17.8 Å². The fraction of sp³-hybridized carbons (Fsp3) is 0.688. The van der Waals surface area contributed by atoms with E-state index in [1.54, 1.807) is 0 Å². The van der Waals surface area contributed by atoms with Crippen LogP contribution in [-0.4, -0.2) is 18.1 Å². The Morgan fingerprint density at radius 2 is 1.85 bits per heavy atom. The Hall–Kier alpha value is -0.610. The van der Waals surface area contributed by atoms with Crippen LogP contribution in [0.2, 0.25) is 0 Å². The Balaban J connectivity index is 2.75. The SMILES string of the molecule is CCNCc1cc(Br)cnc1NCC(C(C)C)C(C)C. The summed E-state index contributed by atoms with van der Waals surface area (Å²) in [6.07, 6.45) is 1.86. The molecule has 1 aromatic heterocycles. The van der Waals surface area contributed by atoms with Crippen LogP contribution in [0.5, 0.6) is 0 Å². The molecule has 0 aliphatic heterocycles. The molecule has 3 nitrogen and oxygen atoms in total. The van der Waals surface area contributed by atoms with Gasteiger partial charge in [-0.05, 0) is 46.3 Å². The highest BCUT2D eigenvalue weighted by Crippen LogP contribution is 2.23. The van der Waals surface area contributed by atoms with Gasteiger partial charge in [-0.3, -0.25) is 0 Å². The molecule has 1 aromatic rings. The van der Waals surface area contributed by atoms with E-state index in [1.165, 1.54) is 5.56 Å². The van der Waals surface area contributed by atoms with Crippen LogP contribution in [-0.2, 0) is 6.54 Å². The summed E-state index contributed by atoms with van der Waals surface area (Å²) < 4.78 is 1.03. The van der Waals surface area contributed by atoms with E-state index >= 15 is 0 Å². The summed E-state index contributed by atoms with van der Waals surface area (Å²) in [4.78, 5) is 4.52. The van der Waals surface area contributed by atoms with Gasteiger partial charge in [0.05, 0.1) is 0 Å². The van der Waals surface area contributed by atoms with E-state index in [4.69, 9.17) is 0 Å². The van der Waals surface area contributed by atoms with Gasteiger partial charge in [0.1, 0.15) is 5.82 Å². The van der Waals surface area contributed by atoms with Crippen molar-refractivity contribution in [3.63, 3.8) is 0 Å². The normalized spacial score (nSPS) is 11.7. The first-order valence-electron chi connectivity index (χ1n) is 7.54. The van der Waals surface area contributed by atoms with E-state index in [2.05, 4.69) is 72.2 Å². The Bertz CT molecular complexity index is 397. The minimum atomic E-state index is 0.660. The molecule has 0 aliphatic rings. The number of nitrogens with zero attached hydrogens (tertiary/aromatic N) is 1. The minimum Gasteiger partial charge on any atom is -0.370 e. The van der Waals surface area contributed by atoms with Crippen LogP contribution in [0.3, 0.4) is 0 Å². The molecule has 1 rings (SSSR count). The van der Waals surface area contributed by atoms with Crippen molar-refractivity contribution in [2.24, 2.45) is 17.8 Å². The standard InChI is InChI=1S/C16H28BrN3/c1-6-18-8-13-7-14(17)9-19-16(13)20-10-15(11(2)3)12(4)5/h7,9,11-12,15,18H,6,8,10H2,1-5H3,(H,19,20). The Morgan fingerprint density at radius 1 is 1.20 bits per heavy atom. The van der Waals surface area contributed by atoms with Gasteiger partial charge < -0.3 is 10.6 Å².